The van der Waals surface area contributed by atoms with Gasteiger partial charge >= 0.3 is 0 Å². The summed E-state index contributed by atoms with van der Waals surface area (Å²) >= 11 is 2.23. The van der Waals surface area contributed by atoms with E-state index in [1.54, 1.807) is 0 Å². The number of halogens is 1. The summed E-state index contributed by atoms with van der Waals surface area (Å²) in [6, 6.07) is 7.86. The first kappa shape index (κ1) is 16.5. The Morgan fingerprint density at radius 1 is 1.13 bits per heavy atom. The van der Waals surface area contributed by atoms with Crippen LogP contribution in [0.25, 0.3) is 0 Å². The number of nitrogens with one attached hydrogen (secondary N) is 1. The number of likely N-dealkylation sites (tertiary alicyclic amines) is 1. The first-order chi connectivity index (χ1) is 11.1. The molecule has 0 spiro atoms. The molecule has 0 bridgehead atoms. The lowest BCUT2D eigenvalue weighted by Gasteiger charge is -2.32. The van der Waals surface area contributed by atoms with Crippen LogP contribution in [0.2, 0.25) is 0 Å². The molecule has 124 valence electrons. The average Bonchev–Trinajstić information content (AvgIpc) is 3.40. The molecule has 1 saturated heterocycles. The molecule has 0 unspecified atom stereocenters. The average molecular weight is 428 g/mol. The maximum absolute atomic E-state index is 12.2. The number of ether oxygens (including phenoxy) is 1. The van der Waals surface area contributed by atoms with Crippen molar-refractivity contribution in [3.8, 4) is 5.75 Å². The SMILES string of the molecule is O=C(NC1CCN(C(=O)COc2ccc(I)cc2)CC1)C1CC1. The lowest BCUT2D eigenvalue weighted by atomic mass is 10.0. The third kappa shape index (κ3) is 4.83. The summed E-state index contributed by atoms with van der Waals surface area (Å²) in [7, 11) is 0. The molecule has 1 saturated carbocycles. The highest BCUT2D eigenvalue weighted by Gasteiger charge is 2.32. The summed E-state index contributed by atoms with van der Waals surface area (Å²) in [5, 5.41) is 3.09. The van der Waals surface area contributed by atoms with Gasteiger partial charge in [-0.05, 0) is 72.5 Å². The van der Waals surface area contributed by atoms with Crippen LogP contribution in [0.4, 0.5) is 0 Å². The predicted molar refractivity (Wildman–Crippen MR) is 95.1 cm³/mol. The van der Waals surface area contributed by atoms with Crippen molar-refractivity contribution in [3.05, 3.63) is 27.8 Å². The van der Waals surface area contributed by atoms with Crippen molar-refractivity contribution < 1.29 is 14.3 Å². The van der Waals surface area contributed by atoms with Crippen molar-refractivity contribution in [3.63, 3.8) is 0 Å². The molecule has 1 heterocycles. The molecule has 1 aliphatic heterocycles. The molecular formula is C17H21IN2O3. The predicted octanol–water partition coefficient (Wildman–Crippen LogP) is 2.19. The van der Waals surface area contributed by atoms with Crippen LogP contribution in [-0.4, -0.2) is 42.5 Å². The highest BCUT2D eigenvalue weighted by molar-refractivity contribution is 14.1. The number of carbonyl (C=O) groups is 2. The molecule has 2 amide bonds. The molecule has 1 aromatic rings. The third-order valence-corrected chi connectivity index (χ3v) is 5.04. The van der Waals surface area contributed by atoms with Gasteiger partial charge in [-0.2, -0.15) is 0 Å². The Bertz CT molecular complexity index is 564. The van der Waals surface area contributed by atoms with Gasteiger partial charge in [0.1, 0.15) is 5.75 Å². The van der Waals surface area contributed by atoms with Crippen LogP contribution in [0.1, 0.15) is 25.7 Å². The van der Waals surface area contributed by atoms with Gasteiger partial charge in [0.05, 0.1) is 0 Å². The van der Waals surface area contributed by atoms with Gasteiger partial charge in [-0.1, -0.05) is 0 Å². The molecule has 23 heavy (non-hydrogen) atoms. The zero-order chi connectivity index (χ0) is 16.2. The molecule has 0 atom stereocenters. The Labute approximate surface area is 149 Å². The molecule has 2 aliphatic rings. The highest BCUT2D eigenvalue weighted by Crippen LogP contribution is 2.29. The van der Waals surface area contributed by atoms with E-state index in [-0.39, 0.29) is 30.4 Å². The van der Waals surface area contributed by atoms with Crippen molar-refractivity contribution in [2.24, 2.45) is 5.92 Å². The molecule has 0 aromatic heterocycles. The van der Waals surface area contributed by atoms with Gasteiger partial charge in [-0.3, -0.25) is 9.59 Å². The Morgan fingerprint density at radius 2 is 1.78 bits per heavy atom. The van der Waals surface area contributed by atoms with E-state index in [1.807, 2.05) is 29.2 Å². The fourth-order valence-corrected chi connectivity index (χ4v) is 3.06. The van der Waals surface area contributed by atoms with E-state index < -0.39 is 0 Å². The summed E-state index contributed by atoms with van der Waals surface area (Å²) in [6.45, 7) is 1.44. The fraction of sp³-hybridized carbons (Fsp3) is 0.529. The molecule has 3 rings (SSSR count). The van der Waals surface area contributed by atoms with Crippen LogP contribution < -0.4 is 10.1 Å². The number of nitrogens with zero attached hydrogens (tertiary/aromatic N) is 1. The Kier molecular flexibility index (Phi) is 5.40. The first-order valence-corrected chi connectivity index (χ1v) is 9.16. The summed E-state index contributed by atoms with van der Waals surface area (Å²) in [4.78, 5) is 25.8. The van der Waals surface area contributed by atoms with Crippen molar-refractivity contribution in [1.82, 2.24) is 10.2 Å². The lowest BCUT2D eigenvalue weighted by molar-refractivity contribution is -0.134. The number of hydrogen-bond donors (Lipinski definition) is 1. The second-order valence-electron chi connectivity index (χ2n) is 6.18. The molecule has 6 heteroatoms. The number of amides is 2. The standard InChI is InChI=1S/C17H21IN2O3/c18-13-3-5-15(6-4-13)23-11-16(21)20-9-7-14(8-10-20)19-17(22)12-1-2-12/h3-6,12,14H,1-2,7-11H2,(H,19,22). The quantitative estimate of drug-likeness (QED) is 0.732. The van der Waals surface area contributed by atoms with E-state index in [4.69, 9.17) is 4.74 Å². The summed E-state index contributed by atoms with van der Waals surface area (Å²) in [5.74, 6) is 1.16. The normalized spacial score (nSPS) is 18.6. The summed E-state index contributed by atoms with van der Waals surface area (Å²) < 4.78 is 6.68. The van der Waals surface area contributed by atoms with Crippen molar-refractivity contribution in [2.75, 3.05) is 19.7 Å². The van der Waals surface area contributed by atoms with E-state index >= 15 is 0 Å². The maximum atomic E-state index is 12.2. The van der Waals surface area contributed by atoms with Crippen LogP contribution in [0.15, 0.2) is 24.3 Å². The smallest absolute Gasteiger partial charge is 0.260 e. The summed E-state index contributed by atoms with van der Waals surface area (Å²) in [6.07, 6.45) is 3.71. The molecule has 5 nitrogen and oxygen atoms in total. The Hall–Kier alpha value is -1.31. The molecule has 1 aliphatic carbocycles. The van der Waals surface area contributed by atoms with Crippen LogP contribution in [0.5, 0.6) is 5.75 Å². The van der Waals surface area contributed by atoms with Gasteiger partial charge in [0.2, 0.25) is 5.91 Å². The largest absolute Gasteiger partial charge is 0.484 e. The molecule has 0 radical (unpaired) electrons. The minimum absolute atomic E-state index is 0.00974. The van der Waals surface area contributed by atoms with E-state index in [0.29, 0.717) is 18.8 Å². The number of carbonyl (C=O) groups excluding carboxylic acids is 2. The second-order valence-corrected chi connectivity index (χ2v) is 7.43. The highest BCUT2D eigenvalue weighted by atomic mass is 127. The third-order valence-electron chi connectivity index (χ3n) is 4.32. The van der Waals surface area contributed by atoms with Crippen LogP contribution in [-0.2, 0) is 9.59 Å². The van der Waals surface area contributed by atoms with Gasteiger partial charge in [-0.15, -0.1) is 0 Å². The molecular weight excluding hydrogens is 407 g/mol. The zero-order valence-corrected chi connectivity index (χ0v) is 15.1. The molecule has 2 fully saturated rings. The summed E-state index contributed by atoms with van der Waals surface area (Å²) in [5.41, 5.74) is 0. The Morgan fingerprint density at radius 3 is 2.39 bits per heavy atom. The lowest BCUT2D eigenvalue weighted by Crippen LogP contribution is -2.48. The Balaban J connectivity index is 1.39. The number of benzene rings is 1. The van der Waals surface area contributed by atoms with Crippen molar-refractivity contribution in [1.29, 1.82) is 0 Å². The van der Waals surface area contributed by atoms with Gasteiger partial charge in [-0.25, -0.2) is 0 Å². The van der Waals surface area contributed by atoms with E-state index in [9.17, 15) is 9.59 Å². The monoisotopic (exact) mass is 428 g/mol. The molecule has 1 N–H and O–H groups in total. The second kappa shape index (κ2) is 7.51. The fourth-order valence-electron chi connectivity index (χ4n) is 2.70. The number of hydrogen-bond acceptors (Lipinski definition) is 3. The minimum atomic E-state index is 0.00974. The van der Waals surface area contributed by atoms with Gasteiger partial charge in [0.15, 0.2) is 6.61 Å². The zero-order valence-electron chi connectivity index (χ0n) is 13.0. The minimum Gasteiger partial charge on any atom is -0.484 e. The van der Waals surface area contributed by atoms with Crippen LogP contribution >= 0.6 is 22.6 Å². The van der Waals surface area contributed by atoms with E-state index in [1.165, 1.54) is 0 Å². The maximum Gasteiger partial charge on any atom is 0.260 e. The van der Waals surface area contributed by atoms with Crippen LogP contribution in [0, 0.1) is 9.49 Å². The topological polar surface area (TPSA) is 58.6 Å². The van der Waals surface area contributed by atoms with Crippen molar-refractivity contribution in [2.45, 2.75) is 31.7 Å². The first-order valence-electron chi connectivity index (χ1n) is 8.08. The van der Waals surface area contributed by atoms with Gasteiger partial charge in [0, 0.05) is 28.6 Å². The van der Waals surface area contributed by atoms with Crippen molar-refractivity contribution >= 4 is 34.4 Å². The van der Waals surface area contributed by atoms with E-state index in [2.05, 4.69) is 27.9 Å². The number of piperidine rings is 1. The molecule has 1 aromatic carbocycles. The van der Waals surface area contributed by atoms with Gasteiger partial charge in [0.25, 0.3) is 5.91 Å². The van der Waals surface area contributed by atoms with E-state index in [0.717, 1.165) is 29.3 Å². The number of rotatable bonds is 5. The van der Waals surface area contributed by atoms with Gasteiger partial charge < -0.3 is 15.0 Å². The van der Waals surface area contributed by atoms with Crippen LogP contribution in [0.3, 0.4) is 0 Å².